The van der Waals surface area contributed by atoms with Crippen LogP contribution in [0.2, 0.25) is 0 Å². The predicted molar refractivity (Wildman–Crippen MR) is 135 cm³/mol. The summed E-state index contributed by atoms with van der Waals surface area (Å²) in [5.74, 6) is -2.15. The number of nitrogens with zero attached hydrogens (tertiary/aromatic N) is 5. The zero-order chi connectivity index (χ0) is 28.4. The number of likely N-dealkylation sites (tertiary alicyclic amines) is 1. The molecule has 2 fully saturated rings. The van der Waals surface area contributed by atoms with E-state index in [1.54, 1.807) is 18.2 Å². The molecule has 1 N–H and O–H groups in total. The van der Waals surface area contributed by atoms with Crippen LogP contribution in [0, 0.1) is 4.91 Å². The van der Waals surface area contributed by atoms with Gasteiger partial charge in [0.15, 0.2) is 11.4 Å². The number of rotatable bonds is 10. The first-order valence-electron chi connectivity index (χ1n) is 13.1. The van der Waals surface area contributed by atoms with Crippen LogP contribution in [-0.4, -0.2) is 82.1 Å². The number of hydrogen-bond acceptors (Lipinski definition) is 9. The molecule has 5 rings (SSSR count). The van der Waals surface area contributed by atoms with E-state index in [0.29, 0.717) is 57.7 Å². The van der Waals surface area contributed by atoms with Crippen LogP contribution >= 0.6 is 0 Å². The van der Waals surface area contributed by atoms with E-state index in [-0.39, 0.29) is 35.7 Å². The maximum atomic E-state index is 13.2. The van der Waals surface area contributed by atoms with E-state index >= 15 is 0 Å². The fourth-order valence-corrected chi connectivity index (χ4v) is 5.49. The Kier molecular flexibility index (Phi) is 8.07. The van der Waals surface area contributed by atoms with Crippen molar-refractivity contribution < 1.29 is 32.7 Å². The van der Waals surface area contributed by atoms with Crippen LogP contribution in [0.3, 0.4) is 0 Å². The number of nitroso groups, excluding NO2 is 1. The maximum Gasteiger partial charge on any atom is 0.284 e. The average Bonchev–Trinajstić information content (AvgIpc) is 3.49. The van der Waals surface area contributed by atoms with E-state index in [4.69, 9.17) is 4.74 Å². The van der Waals surface area contributed by atoms with E-state index < -0.39 is 41.8 Å². The molecule has 0 saturated carbocycles. The molecule has 2 saturated heterocycles. The van der Waals surface area contributed by atoms with Crippen LogP contribution < -0.4 is 5.32 Å². The summed E-state index contributed by atoms with van der Waals surface area (Å²) in [6.07, 6.45) is 0.334. The fraction of sp³-hybridized carbons (Fsp3) is 0.500. The number of imide groups is 2. The summed E-state index contributed by atoms with van der Waals surface area (Å²) >= 11 is 0. The number of benzene rings is 1. The third-order valence-electron chi connectivity index (χ3n) is 7.60. The molecule has 3 aliphatic rings. The Morgan fingerprint density at radius 3 is 2.52 bits per heavy atom. The standard InChI is InChI=1S/C26H28F2N6O6/c27-23(28)22-18(31-39)14-33(30-22)16-6-9-32(10-7-16)11-13-40-12-8-15-2-1-3-17-21(15)26(38)34(25(17)37)19-4-5-20(35)29-24(19)36/h1-3,14,16,19,23H,4-13H2,(H,29,35,36). The highest BCUT2D eigenvalue weighted by Crippen LogP contribution is 2.32. The van der Waals surface area contributed by atoms with Crippen molar-refractivity contribution in [2.75, 3.05) is 32.8 Å². The molecule has 12 nitrogen and oxygen atoms in total. The summed E-state index contributed by atoms with van der Waals surface area (Å²) in [5, 5.41) is 8.71. The Morgan fingerprint density at radius 1 is 1.07 bits per heavy atom. The minimum absolute atomic E-state index is 0.0592. The van der Waals surface area contributed by atoms with Crippen molar-refractivity contribution in [3.8, 4) is 0 Å². The number of amides is 4. The first-order chi connectivity index (χ1) is 19.3. The average molecular weight is 559 g/mol. The third-order valence-corrected chi connectivity index (χ3v) is 7.60. The molecule has 1 aromatic carbocycles. The molecule has 0 radical (unpaired) electrons. The molecule has 3 aliphatic heterocycles. The smallest absolute Gasteiger partial charge is 0.284 e. The first kappa shape index (κ1) is 27.6. The molecule has 1 aromatic heterocycles. The lowest BCUT2D eigenvalue weighted by molar-refractivity contribution is -0.136. The van der Waals surface area contributed by atoms with Crippen LogP contribution in [0.5, 0.6) is 0 Å². The van der Waals surface area contributed by atoms with Crippen molar-refractivity contribution >= 4 is 29.3 Å². The molecule has 4 heterocycles. The quantitative estimate of drug-likeness (QED) is 0.266. The summed E-state index contributed by atoms with van der Waals surface area (Å²) in [5.41, 5.74) is 0.237. The highest BCUT2D eigenvalue weighted by Gasteiger charge is 2.45. The van der Waals surface area contributed by atoms with Crippen LogP contribution in [0.4, 0.5) is 14.5 Å². The highest BCUT2D eigenvalue weighted by atomic mass is 19.3. The van der Waals surface area contributed by atoms with Gasteiger partial charge in [0.05, 0.1) is 36.6 Å². The second-order valence-electron chi connectivity index (χ2n) is 9.99. The van der Waals surface area contributed by atoms with Crippen LogP contribution in [0.15, 0.2) is 29.6 Å². The van der Waals surface area contributed by atoms with Gasteiger partial charge in [-0.3, -0.25) is 34.1 Å². The second-order valence-corrected chi connectivity index (χ2v) is 9.99. The lowest BCUT2D eigenvalue weighted by Crippen LogP contribution is -2.54. The van der Waals surface area contributed by atoms with E-state index in [2.05, 4.69) is 20.5 Å². The zero-order valence-electron chi connectivity index (χ0n) is 21.6. The minimum Gasteiger partial charge on any atom is -0.380 e. The molecule has 40 heavy (non-hydrogen) atoms. The van der Waals surface area contributed by atoms with Gasteiger partial charge in [-0.05, 0) is 42.5 Å². The summed E-state index contributed by atoms with van der Waals surface area (Å²) in [6.45, 7) is 2.83. The SMILES string of the molecule is O=Nc1cn(C2CCN(CCOCCc3cccc4c3C(=O)N(C3CCC(=O)NC3=O)C4=O)CC2)nc1C(F)F. The van der Waals surface area contributed by atoms with Crippen molar-refractivity contribution in [3.05, 3.63) is 51.7 Å². The molecule has 0 aliphatic carbocycles. The van der Waals surface area contributed by atoms with Gasteiger partial charge in [0.2, 0.25) is 11.8 Å². The van der Waals surface area contributed by atoms with Gasteiger partial charge in [0, 0.05) is 26.1 Å². The van der Waals surface area contributed by atoms with Gasteiger partial charge in [-0.2, -0.15) is 5.10 Å². The topological polar surface area (TPSA) is 143 Å². The zero-order valence-corrected chi connectivity index (χ0v) is 21.6. The van der Waals surface area contributed by atoms with Gasteiger partial charge in [0.1, 0.15) is 6.04 Å². The summed E-state index contributed by atoms with van der Waals surface area (Å²) in [6, 6.07) is 3.90. The molecule has 2 aromatic rings. The van der Waals surface area contributed by atoms with Gasteiger partial charge in [0.25, 0.3) is 18.2 Å². The van der Waals surface area contributed by atoms with Crippen LogP contribution in [-0.2, 0) is 20.7 Å². The predicted octanol–water partition coefficient (Wildman–Crippen LogP) is 2.52. The number of fused-ring (bicyclic) bond motifs is 1. The van der Waals surface area contributed by atoms with E-state index in [1.165, 1.54) is 10.9 Å². The van der Waals surface area contributed by atoms with Crippen molar-refractivity contribution in [2.45, 2.75) is 50.6 Å². The Hall–Kier alpha value is -3.91. The number of hydrogen-bond donors (Lipinski definition) is 1. The molecule has 14 heteroatoms. The lowest BCUT2D eigenvalue weighted by atomic mass is 10.0. The fourth-order valence-electron chi connectivity index (χ4n) is 5.49. The molecule has 212 valence electrons. The number of ether oxygens (including phenoxy) is 1. The van der Waals surface area contributed by atoms with Crippen molar-refractivity contribution in [3.63, 3.8) is 0 Å². The molecule has 1 atom stereocenters. The maximum absolute atomic E-state index is 13.2. The Balaban J connectivity index is 1.09. The molecule has 0 spiro atoms. The molecular formula is C26H28F2N6O6. The number of nitrogens with one attached hydrogen (secondary N) is 1. The van der Waals surface area contributed by atoms with Gasteiger partial charge in [-0.1, -0.05) is 12.1 Å². The van der Waals surface area contributed by atoms with Crippen molar-refractivity contribution in [1.82, 2.24) is 24.9 Å². The summed E-state index contributed by atoms with van der Waals surface area (Å²) < 4.78 is 33.3. The third kappa shape index (κ3) is 5.41. The van der Waals surface area contributed by atoms with Gasteiger partial charge in [-0.25, -0.2) is 8.78 Å². The molecular weight excluding hydrogens is 530 g/mol. The van der Waals surface area contributed by atoms with Gasteiger partial charge < -0.3 is 9.64 Å². The second kappa shape index (κ2) is 11.7. The normalized spacial score (nSPS) is 20.4. The molecule has 1 unspecified atom stereocenters. The van der Waals surface area contributed by atoms with Crippen molar-refractivity contribution in [2.24, 2.45) is 5.18 Å². The monoisotopic (exact) mass is 558 g/mol. The summed E-state index contributed by atoms with van der Waals surface area (Å²) in [4.78, 5) is 63.9. The van der Waals surface area contributed by atoms with Crippen LogP contribution in [0.25, 0.3) is 0 Å². The number of carbonyl (C=O) groups excluding carboxylic acids is 4. The summed E-state index contributed by atoms with van der Waals surface area (Å²) in [7, 11) is 0. The highest BCUT2D eigenvalue weighted by molar-refractivity contribution is 6.24. The number of halogens is 2. The molecule has 4 amide bonds. The Morgan fingerprint density at radius 2 is 1.85 bits per heavy atom. The first-order valence-corrected chi connectivity index (χ1v) is 13.1. The Bertz CT molecular complexity index is 1340. The number of aromatic nitrogens is 2. The largest absolute Gasteiger partial charge is 0.380 e. The van der Waals surface area contributed by atoms with Gasteiger partial charge in [-0.15, -0.1) is 4.91 Å². The molecule has 0 bridgehead atoms. The van der Waals surface area contributed by atoms with E-state index in [0.717, 1.165) is 4.90 Å². The number of piperidine rings is 2. The van der Waals surface area contributed by atoms with E-state index in [1.807, 2.05) is 0 Å². The number of alkyl halides is 2. The Labute approximate surface area is 227 Å². The van der Waals surface area contributed by atoms with E-state index in [9.17, 15) is 32.9 Å². The van der Waals surface area contributed by atoms with Crippen LogP contribution in [0.1, 0.15) is 70.1 Å². The number of carbonyl (C=O) groups is 4. The lowest BCUT2D eigenvalue weighted by Gasteiger charge is -2.31. The van der Waals surface area contributed by atoms with Gasteiger partial charge >= 0.3 is 0 Å². The minimum atomic E-state index is -2.86. The van der Waals surface area contributed by atoms with Crippen molar-refractivity contribution in [1.29, 1.82) is 0 Å².